The van der Waals surface area contributed by atoms with Crippen molar-refractivity contribution in [1.82, 2.24) is 10.3 Å². The van der Waals surface area contributed by atoms with Crippen LogP contribution in [0.2, 0.25) is 0 Å². The Morgan fingerprint density at radius 3 is 2.90 bits per heavy atom. The molecule has 0 spiro atoms. The van der Waals surface area contributed by atoms with Crippen LogP contribution in [0.15, 0.2) is 18.5 Å². The summed E-state index contributed by atoms with van der Waals surface area (Å²) in [5, 5.41) is 14.6. The van der Waals surface area contributed by atoms with E-state index in [0.29, 0.717) is 18.5 Å². The Hall–Kier alpha value is -2.11. The number of aryl methyl sites for hydroxylation is 1. The summed E-state index contributed by atoms with van der Waals surface area (Å²) in [6, 6.07) is 1.43. The first-order chi connectivity index (χ1) is 9.56. The van der Waals surface area contributed by atoms with Crippen LogP contribution in [0.25, 0.3) is 0 Å². The van der Waals surface area contributed by atoms with Gasteiger partial charge in [-0.05, 0) is 37.8 Å². The lowest BCUT2D eigenvalue weighted by Crippen LogP contribution is -2.42. The number of anilines is 1. The lowest BCUT2D eigenvalue weighted by molar-refractivity contribution is -0.143. The molecule has 0 saturated heterocycles. The molecule has 1 saturated carbocycles. The molecule has 6 heteroatoms. The third-order valence-electron chi connectivity index (χ3n) is 3.65. The van der Waals surface area contributed by atoms with Crippen molar-refractivity contribution in [3.05, 3.63) is 24.0 Å². The summed E-state index contributed by atoms with van der Waals surface area (Å²) in [7, 11) is 0. The lowest BCUT2D eigenvalue weighted by Gasteiger charge is -2.27. The van der Waals surface area contributed by atoms with Crippen molar-refractivity contribution in [3.8, 4) is 0 Å². The number of hydrogen-bond donors (Lipinski definition) is 3. The average Bonchev–Trinajstić information content (AvgIpc) is 2.41. The lowest BCUT2D eigenvalue weighted by atomic mass is 9.86. The first-order valence-electron chi connectivity index (χ1n) is 6.77. The summed E-state index contributed by atoms with van der Waals surface area (Å²) in [4.78, 5) is 26.9. The largest absolute Gasteiger partial charge is 0.481 e. The van der Waals surface area contributed by atoms with Gasteiger partial charge in [-0.25, -0.2) is 4.79 Å². The van der Waals surface area contributed by atoms with Gasteiger partial charge >= 0.3 is 12.0 Å². The Morgan fingerprint density at radius 2 is 2.20 bits per heavy atom. The van der Waals surface area contributed by atoms with E-state index in [0.717, 1.165) is 18.4 Å². The van der Waals surface area contributed by atoms with E-state index < -0.39 is 5.97 Å². The highest BCUT2D eigenvalue weighted by Crippen LogP contribution is 2.24. The van der Waals surface area contributed by atoms with Crippen molar-refractivity contribution in [2.75, 3.05) is 5.32 Å². The molecule has 2 rings (SSSR count). The highest BCUT2D eigenvalue weighted by Gasteiger charge is 2.27. The molecule has 0 radical (unpaired) electrons. The standard InChI is InChI=1S/C14H19N3O3/c1-9-5-6-15-8-12(9)17-14(20)16-11-4-2-3-10(7-11)13(18)19/h5-6,8,10-11H,2-4,7H2,1H3,(H,18,19)(H2,16,17,20). The minimum absolute atomic E-state index is 0.0816. The summed E-state index contributed by atoms with van der Waals surface area (Å²) in [5.74, 6) is -1.13. The molecule has 1 aliphatic carbocycles. The van der Waals surface area contributed by atoms with Crippen LogP contribution in [0.4, 0.5) is 10.5 Å². The van der Waals surface area contributed by atoms with Crippen LogP contribution in [0.1, 0.15) is 31.2 Å². The summed E-state index contributed by atoms with van der Waals surface area (Å²) in [6.45, 7) is 1.89. The van der Waals surface area contributed by atoms with Crippen LogP contribution in [0.3, 0.4) is 0 Å². The van der Waals surface area contributed by atoms with E-state index in [1.807, 2.05) is 13.0 Å². The average molecular weight is 277 g/mol. The van der Waals surface area contributed by atoms with Crippen LogP contribution >= 0.6 is 0 Å². The molecule has 2 amide bonds. The maximum Gasteiger partial charge on any atom is 0.319 e. The topological polar surface area (TPSA) is 91.3 Å². The number of rotatable bonds is 3. The minimum Gasteiger partial charge on any atom is -0.481 e. The smallest absolute Gasteiger partial charge is 0.319 e. The van der Waals surface area contributed by atoms with Crippen molar-refractivity contribution in [1.29, 1.82) is 0 Å². The minimum atomic E-state index is -0.778. The zero-order valence-electron chi connectivity index (χ0n) is 11.4. The Balaban J connectivity index is 1.88. The Kier molecular flexibility index (Phi) is 4.55. The van der Waals surface area contributed by atoms with Gasteiger partial charge in [-0.3, -0.25) is 9.78 Å². The van der Waals surface area contributed by atoms with Gasteiger partial charge in [-0.15, -0.1) is 0 Å². The van der Waals surface area contributed by atoms with Crippen LogP contribution in [0, 0.1) is 12.8 Å². The van der Waals surface area contributed by atoms with E-state index in [2.05, 4.69) is 15.6 Å². The maximum atomic E-state index is 11.9. The molecule has 1 aromatic rings. The molecule has 3 N–H and O–H groups in total. The summed E-state index contributed by atoms with van der Waals surface area (Å²) in [6.07, 6.45) is 6.09. The Morgan fingerprint density at radius 1 is 1.40 bits per heavy atom. The van der Waals surface area contributed by atoms with Gasteiger partial charge in [0.2, 0.25) is 0 Å². The molecular formula is C14H19N3O3. The molecule has 1 heterocycles. The van der Waals surface area contributed by atoms with E-state index in [9.17, 15) is 9.59 Å². The fraction of sp³-hybridized carbons (Fsp3) is 0.500. The van der Waals surface area contributed by atoms with E-state index in [4.69, 9.17) is 5.11 Å². The van der Waals surface area contributed by atoms with Gasteiger partial charge in [0.1, 0.15) is 0 Å². The first kappa shape index (κ1) is 14.3. The van der Waals surface area contributed by atoms with Gasteiger partial charge in [-0.1, -0.05) is 6.42 Å². The van der Waals surface area contributed by atoms with Gasteiger partial charge in [0.05, 0.1) is 17.8 Å². The second kappa shape index (κ2) is 6.36. The number of nitrogens with zero attached hydrogens (tertiary/aromatic N) is 1. The number of nitrogens with one attached hydrogen (secondary N) is 2. The molecule has 6 nitrogen and oxygen atoms in total. The quantitative estimate of drug-likeness (QED) is 0.789. The molecule has 1 aliphatic rings. The molecule has 0 aliphatic heterocycles. The van der Waals surface area contributed by atoms with Crippen LogP contribution < -0.4 is 10.6 Å². The SMILES string of the molecule is Cc1ccncc1NC(=O)NC1CCCC(C(=O)O)C1. The number of pyridine rings is 1. The number of urea groups is 1. The summed E-state index contributed by atoms with van der Waals surface area (Å²) in [5.41, 5.74) is 1.60. The fourth-order valence-electron chi connectivity index (χ4n) is 2.48. The number of carboxylic acid groups (broad SMARTS) is 1. The van der Waals surface area contributed by atoms with E-state index in [1.165, 1.54) is 0 Å². The van der Waals surface area contributed by atoms with Crippen molar-refractivity contribution < 1.29 is 14.7 Å². The monoisotopic (exact) mass is 277 g/mol. The number of aromatic nitrogens is 1. The number of carbonyl (C=O) groups excluding carboxylic acids is 1. The zero-order valence-corrected chi connectivity index (χ0v) is 11.4. The van der Waals surface area contributed by atoms with E-state index >= 15 is 0 Å². The number of carbonyl (C=O) groups is 2. The zero-order chi connectivity index (χ0) is 14.5. The van der Waals surface area contributed by atoms with Crippen molar-refractivity contribution in [3.63, 3.8) is 0 Å². The number of hydrogen-bond acceptors (Lipinski definition) is 3. The predicted octanol–water partition coefficient (Wildman–Crippen LogP) is 2.15. The number of aliphatic carboxylic acids is 1. The summed E-state index contributed by atoms with van der Waals surface area (Å²) >= 11 is 0. The molecule has 1 aromatic heterocycles. The van der Waals surface area contributed by atoms with Gasteiger partial charge in [0.15, 0.2) is 0 Å². The van der Waals surface area contributed by atoms with Crippen LogP contribution in [-0.4, -0.2) is 28.1 Å². The third kappa shape index (κ3) is 3.69. The second-order valence-corrected chi connectivity index (χ2v) is 5.19. The van der Waals surface area contributed by atoms with Crippen LogP contribution in [-0.2, 0) is 4.79 Å². The van der Waals surface area contributed by atoms with Crippen molar-refractivity contribution in [2.24, 2.45) is 5.92 Å². The summed E-state index contributed by atoms with van der Waals surface area (Å²) < 4.78 is 0. The molecule has 0 aromatic carbocycles. The molecule has 1 fully saturated rings. The molecule has 108 valence electrons. The maximum absolute atomic E-state index is 11.9. The normalized spacial score (nSPS) is 22.1. The predicted molar refractivity (Wildman–Crippen MR) is 74.5 cm³/mol. The van der Waals surface area contributed by atoms with Crippen molar-refractivity contribution >= 4 is 17.7 Å². The number of carboxylic acids is 1. The van der Waals surface area contributed by atoms with Gasteiger partial charge in [0, 0.05) is 12.2 Å². The second-order valence-electron chi connectivity index (χ2n) is 5.19. The Labute approximate surface area is 117 Å². The van der Waals surface area contributed by atoms with Gasteiger partial charge < -0.3 is 15.7 Å². The van der Waals surface area contributed by atoms with Crippen LogP contribution in [0.5, 0.6) is 0 Å². The third-order valence-corrected chi connectivity index (χ3v) is 3.65. The molecule has 20 heavy (non-hydrogen) atoms. The van der Waals surface area contributed by atoms with Gasteiger partial charge in [-0.2, -0.15) is 0 Å². The highest BCUT2D eigenvalue weighted by atomic mass is 16.4. The molecule has 2 atom stereocenters. The van der Waals surface area contributed by atoms with Gasteiger partial charge in [0.25, 0.3) is 0 Å². The number of amides is 2. The first-order valence-corrected chi connectivity index (χ1v) is 6.77. The molecular weight excluding hydrogens is 258 g/mol. The van der Waals surface area contributed by atoms with E-state index in [1.54, 1.807) is 12.4 Å². The molecule has 0 bridgehead atoms. The van der Waals surface area contributed by atoms with E-state index in [-0.39, 0.29) is 18.0 Å². The molecule has 2 unspecified atom stereocenters. The fourth-order valence-corrected chi connectivity index (χ4v) is 2.48. The highest BCUT2D eigenvalue weighted by molar-refractivity contribution is 5.90. The Bertz CT molecular complexity index is 504. The van der Waals surface area contributed by atoms with Crippen molar-refractivity contribution in [2.45, 2.75) is 38.6 Å².